The molecule has 0 amide bonds. The predicted octanol–water partition coefficient (Wildman–Crippen LogP) is 3.26. The molecule has 0 saturated heterocycles. The molecule has 2 aromatic carbocycles. The number of aliphatic hydroxyl groups excluding tert-OH is 1. The Hall–Kier alpha value is -3.00. The Morgan fingerprint density at radius 3 is 2.36 bits per heavy atom. The van der Waals surface area contributed by atoms with Crippen LogP contribution in [0.1, 0.15) is 25.0 Å². The second kappa shape index (κ2) is 9.81. The zero-order valence-corrected chi connectivity index (χ0v) is 20.6. The number of nitrogens with zero attached hydrogens (tertiary/aromatic N) is 2. The lowest BCUT2D eigenvalue weighted by Crippen LogP contribution is -2.39. The molecule has 4 rings (SSSR count). The number of halogens is 4. The van der Waals surface area contributed by atoms with Crippen LogP contribution >= 0.6 is 23.2 Å². The molecule has 2 N–H and O–H groups in total. The number of hydrogen-bond donors (Lipinski definition) is 2. The SMILES string of the molecule is COc1ccc(Oc2c(Cl)cc(-n3nc(C(F)F)c(=O)[nH]c3=O)cc2Cl)cc1S(=O)(=O)[C@H]1C[C@@H](O)C1. The fourth-order valence-corrected chi connectivity index (χ4v) is 6.10. The molecule has 1 aliphatic rings. The van der Waals surface area contributed by atoms with Gasteiger partial charge in [0.1, 0.15) is 16.4 Å². The van der Waals surface area contributed by atoms with Gasteiger partial charge < -0.3 is 14.6 Å². The maximum absolute atomic E-state index is 13.1. The van der Waals surface area contributed by atoms with E-state index >= 15 is 0 Å². The Labute approximate surface area is 211 Å². The number of alkyl halides is 2. The van der Waals surface area contributed by atoms with Gasteiger partial charge in [0.15, 0.2) is 21.3 Å². The monoisotopic (exact) mass is 563 g/mol. The van der Waals surface area contributed by atoms with Crippen LogP contribution in [0.3, 0.4) is 0 Å². The van der Waals surface area contributed by atoms with E-state index in [0.717, 1.165) is 12.1 Å². The van der Waals surface area contributed by atoms with Gasteiger partial charge in [0.25, 0.3) is 12.0 Å². The van der Waals surface area contributed by atoms with E-state index < -0.39 is 44.6 Å². The first kappa shape index (κ1) is 26.1. The second-order valence-corrected chi connectivity index (χ2v) is 10.8. The number of nitrogens with one attached hydrogen (secondary N) is 1. The highest BCUT2D eigenvalue weighted by molar-refractivity contribution is 7.92. The molecule has 0 aliphatic heterocycles. The third-order valence-corrected chi connectivity index (χ3v) is 8.21. The molecule has 0 radical (unpaired) electrons. The molecule has 0 unspecified atom stereocenters. The highest BCUT2D eigenvalue weighted by Crippen LogP contribution is 2.41. The number of H-pyrrole nitrogens is 1. The lowest BCUT2D eigenvalue weighted by molar-refractivity contribution is 0.0976. The van der Waals surface area contributed by atoms with Crippen LogP contribution in [0.25, 0.3) is 5.69 Å². The summed E-state index contributed by atoms with van der Waals surface area (Å²) in [5.74, 6) is -0.0130. The van der Waals surface area contributed by atoms with Gasteiger partial charge in [0, 0.05) is 6.07 Å². The van der Waals surface area contributed by atoms with E-state index in [0.29, 0.717) is 4.68 Å². The lowest BCUT2D eigenvalue weighted by Gasteiger charge is -2.31. The molecule has 3 aromatic rings. The summed E-state index contributed by atoms with van der Waals surface area (Å²) >= 11 is 12.5. The molecule has 1 aromatic heterocycles. The Balaban J connectivity index is 1.71. The van der Waals surface area contributed by atoms with Crippen LogP contribution in [0.4, 0.5) is 8.78 Å². The van der Waals surface area contributed by atoms with Gasteiger partial charge in [-0.25, -0.2) is 22.0 Å². The number of aromatic nitrogens is 3. The molecule has 0 atom stereocenters. The number of methoxy groups -OCH3 is 1. The highest BCUT2D eigenvalue weighted by atomic mass is 35.5. The van der Waals surface area contributed by atoms with Crippen molar-refractivity contribution in [2.75, 3.05) is 7.11 Å². The molecule has 0 spiro atoms. The third kappa shape index (κ3) is 4.83. The van der Waals surface area contributed by atoms with Gasteiger partial charge in [0.05, 0.1) is 34.2 Å². The molecule has 1 saturated carbocycles. The summed E-state index contributed by atoms with van der Waals surface area (Å²) < 4.78 is 63.5. The number of aromatic amines is 1. The number of sulfone groups is 1. The van der Waals surface area contributed by atoms with Crippen LogP contribution in [-0.2, 0) is 9.84 Å². The van der Waals surface area contributed by atoms with E-state index in [2.05, 4.69) is 5.10 Å². The van der Waals surface area contributed by atoms with E-state index in [4.69, 9.17) is 32.7 Å². The minimum atomic E-state index is -3.84. The first-order valence-electron chi connectivity index (χ1n) is 10.2. The van der Waals surface area contributed by atoms with Crippen molar-refractivity contribution in [1.82, 2.24) is 14.8 Å². The van der Waals surface area contributed by atoms with Gasteiger partial charge in [0.2, 0.25) is 0 Å². The quantitative estimate of drug-likeness (QED) is 0.446. The van der Waals surface area contributed by atoms with E-state index in [1.807, 2.05) is 0 Å². The second-order valence-electron chi connectivity index (χ2n) is 7.80. The average molecular weight is 564 g/mol. The summed E-state index contributed by atoms with van der Waals surface area (Å²) in [6.07, 6.45) is -3.73. The molecule has 1 aliphatic carbocycles. The molecule has 15 heteroatoms. The van der Waals surface area contributed by atoms with Crippen molar-refractivity contribution in [3.63, 3.8) is 0 Å². The predicted molar refractivity (Wildman–Crippen MR) is 125 cm³/mol. The van der Waals surface area contributed by atoms with Crippen LogP contribution in [0.2, 0.25) is 10.0 Å². The average Bonchev–Trinajstić information content (AvgIpc) is 2.78. The van der Waals surface area contributed by atoms with Gasteiger partial charge in [-0.1, -0.05) is 23.2 Å². The standard InChI is InChI=1S/C21H17Cl2F2N3O7S/c1-34-15-3-2-11(8-16(15)36(32,33)12-6-10(29)7-12)35-18-13(22)4-9(5-14(18)23)28-21(31)26-20(30)17(27-28)19(24)25/h2-5,8,10,12,19,29H,6-7H2,1H3,(H,26,30,31)/t10-,12+. The highest BCUT2D eigenvalue weighted by Gasteiger charge is 2.40. The van der Waals surface area contributed by atoms with Gasteiger partial charge in [-0.05, 0) is 37.1 Å². The van der Waals surface area contributed by atoms with Gasteiger partial charge >= 0.3 is 5.69 Å². The minimum Gasteiger partial charge on any atom is -0.495 e. The Morgan fingerprint density at radius 1 is 1.17 bits per heavy atom. The summed E-state index contributed by atoms with van der Waals surface area (Å²) in [6, 6.07) is 6.30. The minimum absolute atomic E-state index is 0.0325. The van der Waals surface area contributed by atoms with Crippen molar-refractivity contribution < 1.29 is 31.8 Å². The van der Waals surface area contributed by atoms with Crippen LogP contribution in [0.15, 0.2) is 44.8 Å². The zero-order valence-electron chi connectivity index (χ0n) is 18.2. The molecule has 1 heterocycles. The normalized spacial score (nSPS) is 17.6. The Kier molecular flexibility index (Phi) is 7.10. The Bertz CT molecular complexity index is 1530. The summed E-state index contributed by atoms with van der Waals surface area (Å²) in [6.45, 7) is 0. The molecule has 0 bridgehead atoms. The molecule has 10 nitrogen and oxygen atoms in total. The van der Waals surface area contributed by atoms with Gasteiger partial charge in [-0.15, -0.1) is 0 Å². The fraction of sp³-hybridized carbons (Fsp3) is 0.286. The third-order valence-electron chi connectivity index (χ3n) is 5.46. The summed E-state index contributed by atoms with van der Waals surface area (Å²) in [4.78, 5) is 25.2. The maximum Gasteiger partial charge on any atom is 0.349 e. The molecule has 192 valence electrons. The van der Waals surface area contributed by atoms with E-state index in [1.54, 1.807) is 4.98 Å². The maximum atomic E-state index is 13.1. The van der Waals surface area contributed by atoms with Crippen molar-refractivity contribution >= 4 is 33.0 Å². The zero-order chi connectivity index (χ0) is 26.4. The van der Waals surface area contributed by atoms with E-state index in [1.165, 1.54) is 25.3 Å². The van der Waals surface area contributed by atoms with Crippen molar-refractivity contribution in [2.24, 2.45) is 0 Å². The number of rotatable bonds is 7. The largest absolute Gasteiger partial charge is 0.495 e. The summed E-state index contributed by atoms with van der Waals surface area (Å²) in [5, 5.41) is 11.8. The van der Waals surface area contributed by atoms with Gasteiger partial charge in [-0.3, -0.25) is 9.78 Å². The van der Waals surface area contributed by atoms with E-state index in [-0.39, 0.29) is 50.7 Å². The topological polar surface area (TPSA) is 141 Å². The van der Waals surface area contributed by atoms with Crippen molar-refractivity contribution in [3.05, 3.63) is 66.9 Å². The molecule has 36 heavy (non-hydrogen) atoms. The van der Waals surface area contributed by atoms with Crippen molar-refractivity contribution in [2.45, 2.75) is 35.5 Å². The first-order valence-corrected chi connectivity index (χ1v) is 12.5. The molecular formula is C21H17Cl2F2N3O7S. The van der Waals surface area contributed by atoms with Crippen molar-refractivity contribution in [3.8, 4) is 22.9 Å². The number of aliphatic hydroxyl groups is 1. The molecule has 1 fully saturated rings. The fourth-order valence-electron chi connectivity index (χ4n) is 3.53. The lowest BCUT2D eigenvalue weighted by atomic mass is 9.96. The van der Waals surface area contributed by atoms with Gasteiger partial charge in [-0.2, -0.15) is 9.78 Å². The number of hydrogen-bond acceptors (Lipinski definition) is 8. The first-order chi connectivity index (χ1) is 16.9. The van der Waals surface area contributed by atoms with Crippen LogP contribution in [0.5, 0.6) is 17.2 Å². The van der Waals surface area contributed by atoms with Crippen LogP contribution < -0.4 is 20.7 Å². The van der Waals surface area contributed by atoms with Crippen LogP contribution in [-0.4, -0.2) is 46.8 Å². The van der Waals surface area contributed by atoms with Crippen LogP contribution in [0, 0.1) is 0 Å². The Morgan fingerprint density at radius 2 is 1.81 bits per heavy atom. The molecular weight excluding hydrogens is 547 g/mol. The van der Waals surface area contributed by atoms with E-state index in [9.17, 15) is 31.9 Å². The summed E-state index contributed by atoms with van der Waals surface area (Å²) in [7, 11) is -2.53. The van der Waals surface area contributed by atoms with Crippen molar-refractivity contribution in [1.29, 1.82) is 0 Å². The smallest absolute Gasteiger partial charge is 0.349 e. The number of ether oxygens (including phenoxy) is 2. The number of benzene rings is 2. The summed E-state index contributed by atoms with van der Waals surface area (Å²) in [5.41, 5.74) is -3.74.